The highest BCUT2D eigenvalue weighted by molar-refractivity contribution is 4.86. The average Bonchev–Trinajstić information content (AvgIpc) is 2.03. The van der Waals surface area contributed by atoms with Crippen molar-refractivity contribution in [3.63, 3.8) is 0 Å². The Hall–Kier alpha value is 0. The van der Waals surface area contributed by atoms with Gasteiger partial charge in [-0.25, -0.2) is 0 Å². The third-order valence-corrected chi connectivity index (χ3v) is 4.09. The predicted molar refractivity (Wildman–Crippen MR) is 55.1 cm³/mol. The minimum absolute atomic E-state index is 0.582. The molecule has 1 aliphatic carbocycles. The maximum absolute atomic E-state index is 2.42. The molecule has 0 nitrogen and oxygen atoms in total. The molecule has 3 unspecified atom stereocenters. The van der Waals surface area contributed by atoms with E-state index in [0.717, 1.165) is 17.8 Å². The molecule has 0 amide bonds. The van der Waals surface area contributed by atoms with Gasteiger partial charge in [0.05, 0.1) is 0 Å². The van der Waals surface area contributed by atoms with Crippen LogP contribution in [0.5, 0.6) is 0 Å². The summed E-state index contributed by atoms with van der Waals surface area (Å²) in [6, 6.07) is 0. The normalized spacial score (nSPS) is 36.2. The second-order valence-electron chi connectivity index (χ2n) is 5.55. The first kappa shape index (κ1) is 10.1. The largest absolute Gasteiger partial charge is 0.0649 e. The van der Waals surface area contributed by atoms with Crippen molar-refractivity contribution in [2.75, 3.05) is 0 Å². The fourth-order valence-corrected chi connectivity index (χ4v) is 2.30. The first-order valence-corrected chi connectivity index (χ1v) is 5.46. The van der Waals surface area contributed by atoms with E-state index < -0.39 is 0 Å². The summed E-state index contributed by atoms with van der Waals surface area (Å²) in [7, 11) is 0. The Kier molecular flexibility index (Phi) is 2.85. The van der Waals surface area contributed by atoms with Gasteiger partial charge in [0.25, 0.3) is 0 Å². The molecule has 1 rings (SSSR count). The number of hydrogen-bond donors (Lipinski definition) is 0. The molecular formula is C12H24. The highest BCUT2D eigenvalue weighted by atomic mass is 14.4. The van der Waals surface area contributed by atoms with Crippen LogP contribution in [0.25, 0.3) is 0 Å². The highest BCUT2D eigenvalue weighted by Gasteiger charge is 2.36. The maximum atomic E-state index is 2.42. The lowest BCUT2D eigenvalue weighted by molar-refractivity contribution is 0.0574. The van der Waals surface area contributed by atoms with E-state index in [-0.39, 0.29) is 0 Å². The Morgan fingerprint density at radius 1 is 1.25 bits per heavy atom. The Bertz CT molecular complexity index is 146. The van der Waals surface area contributed by atoms with Gasteiger partial charge >= 0.3 is 0 Å². The van der Waals surface area contributed by atoms with E-state index in [9.17, 15) is 0 Å². The first-order valence-electron chi connectivity index (χ1n) is 5.46. The van der Waals surface area contributed by atoms with Crippen LogP contribution in [0.2, 0.25) is 0 Å². The van der Waals surface area contributed by atoms with Gasteiger partial charge in [0.1, 0.15) is 0 Å². The van der Waals surface area contributed by atoms with Crippen LogP contribution in [0.1, 0.15) is 53.9 Å². The van der Waals surface area contributed by atoms with Crippen LogP contribution in [0.4, 0.5) is 0 Å². The molecule has 72 valence electrons. The Morgan fingerprint density at radius 3 is 2.17 bits per heavy atom. The van der Waals surface area contributed by atoms with Gasteiger partial charge in [-0.1, -0.05) is 41.0 Å². The van der Waals surface area contributed by atoms with Crippen LogP contribution in [-0.2, 0) is 0 Å². The summed E-state index contributed by atoms with van der Waals surface area (Å²) in [6.07, 6.45) is 4.24. The van der Waals surface area contributed by atoms with Crippen molar-refractivity contribution in [3.8, 4) is 0 Å². The first-order chi connectivity index (χ1) is 5.46. The van der Waals surface area contributed by atoms with Crippen LogP contribution < -0.4 is 0 Å². The standard InChI is InChI=1S/C12H24/c1-6-12(4,5)8-11-7-9(2)10(11)3/h9-11H,6-8H2,1-5H3. The average molecular weight is 168 g/mol. The summed E-state index contributed by atoms with van der Waals surface area (Å²) < 4.78 is 0. The smallest absolute Gasteiger partial charge is 0.0354 e. The molecule has 0 saturated heterocycles. The molecule has 1 saturated carbocycles. The Morgan fingerprint density at radius 2 is 1.83 bits per heavy atom. The summed E-state index contributed by atoms with van der Waals surface area (Å²) >= 11 is 0. The predicted octanol–water partition coefficient (Wildman–Crippen LogP) is 4.10. The van der Waals surface area contributed by atoms with Crippen molar-refractivity contribution in [1.29, 1.82) is 0 Å². The monoisotopic (exact) mass is 168 g/mol. The molecule has 1 aliphatic rings. The molecular weight excluding hydrogens is 144 g/mol. The summed E-state index contributed by atoms with van der Waals surface area (Å²) in [5.41, 5.74) is 0.582. The van der Waals surface area contributed by atoms with Crippen molar-refractivity contribution in [2.45, 2.75) is 53.9 Å². The van der Waals surface area contributed by atoms with Crippen molar-refractivity contribution in [1.82, 2.24) is 0 Å². The molecule has 0 spiro atoms. The van der Waals surface area contributed by atoms with E-state index in [4.69, 9.17) is 0 Å². The lowest BCUT2D eigenvalue weighted by atomic mass is 9.61. The molecule has 0 aromatic heterocycles. The molecule has 0 heterocycles. The summed E-state index contributed by atoms with van der Waals surface area (Å²) in [5.74, 6) is 2.99. The third kappa shape index (κ3) is 2.02. The third-order valence-electron chi connectivity index (χ3n) is 4.09. The quantitative estimate of drug-likeness (QED) is 0.595. The molecule has 0 radical (unpaired) electrons. The van der Waals surface area contributed by atoms with E-state index in [1.807, 2.05) is 0 Å². The van der Waals surface area contributed by atoms with Crippen LogP contribution in [0.15, 0.2) is 0 Å². The fourth-order valence-electron chi connectivity index (χ4n) is 2.30. The SMILES string of the molecule is CCC(C)(C)CC1CC(C)C1C. The molecule has 0 aromatic rings. The number of rotatable bonds is 3. The van der Waals surface area contributed by atoms with Gasteiger partial charge in [-0.2, -0.15) is 0 Å². The number of hydrogen-bond acceptors (Lipinski definition) is 0. The van der Waals surface area contributed by atoms with Crippen molar-refractivity contribution >= 4 is 0 Å². The summed E-state index contributed by atoms with van der Waals surface area (Å²) in [5, 5.41) is 0. The van der Waals surface area contributed by atoms with Crippen LogP contribution in [-0.4, -0.2) is 0 Å². The Balaban J connectivity index is 2.34. The van der Waals surface area contributed by atoms with Crippen LogP contribution in [0.3, 0.4) is 0 Å². The second kappa shape index (κ2) is 3.40. The van der Waals surface area contributed by atoms with Gasteiger partial charge in [-0.3, -0.25) is 0 Å². The second-order valence-corrected chi connectivity index (χ2v) is 5.55. The lowest BCUT2D eigenvalue weighted by Crippen LogP contribution is -2.35. The topological polar surface area (TPSA) is 0 Å². The maximum Gasteiger partial charge on any atom is -0.0354 e. The van der Waals surface area contributed by atoms with E-state index >= 15 is 0 Å². The molecule has 1 fully saturated rings. The zero-order chi connectivity index (χ0) is 9.35. The molecule has 0 aromatic carbocycles. The van der Waals surface area contributed by atoms with Gasteiger partial charge in [-0.15, -0.1) is 0 Å². The minimum atomic E-state index is 0.582. The molecule has 0 N–H and O–H groups in total. The lowest BCUT2D eigenvalue weighted by Gasteiger charge is -2.44. The molecule has 3 atom stereocenters. The highest BCUT2D eigenvalue weighted by Crippen LogP contribution is 2.46. The van der Waals surface area contributed by atoms with Gasteiger partial charge in [0, 0.05) is 0 Å². The molecule has 12 heavy (non-hydrogen) atoms. The van der Waals surface area contributed by atoms with Gasteiger partial charge in [0.15, 0.2) is 0 Å². The van der Waals surface area contributed by atoms with E-state index in [1.165, 1.54) is 19.3 Å². The van der Waals surface area contributed by atoms with E-state index in [2.05, 4.69) is 34.6 Å². The van der Waals surface area contributed by atoms with Gasteiger partial charge in [0.2, 0.25) is 0 Å². The zero-order valence-electron chi connectivity index (χ0n) is 9.35. The fraction of sp³-hybridized carbons (Fsp3) is 1.00. The van der Waals surface area contributed by atoms with E-state index in [0.29, 0.717) is 5.41 Å². The summed E-state index contributed by atoms with van der Waals surface area (Å²) in [4.78, 5) is 0. The zero-order valence-corrected chi connectivity index (χ0v) is 9.35. The van der Waals surface area contributed by atoms with Crippen LogP contribution in [0, 0.1) is 23.2 Å². The minimum Gasteiger partial charge on any atom is -0.0649 e. The van der Waals surface area contributed by atoms with Gasteiger partial charge < -0.3 is 0 Å². The molecule has 0 bridgehead atoms. The van der Waals surface area contributed by atoms with Crippen molar-refractivity contribution in [2.24, 2.45) is 23.2 Å². The van der Waals surface area contributed by atoms with Crippen molar-refractivity contribution < 1.29 is 0 Å². The summed E-state index contributed by atoms with van der Waals surface area (Å²) in [6.45, 7) is 11.9. The van der Waals surface area contributed by atoms with E-state index in [1.54, 1.807) is 0 Å². The van der Waals surface area contributed by atoms with Gasteiger partial charge in [-0.05, 0) is 36.0 Å². The van der Waals surface area contributed by atoms with Crippen LogP contribution >= 0.6 is 0 Å². The molecule has 0 heteroatoms. The molecule has 0 aliphatic heterocycles. The van der Waals surface area contributed by atoms with Crippen molar-refractivity contribution in [3.05, 3.63) is 0 Å². The Labute approximate surface area is 77.7 Å².